The van der Waals surface area contributed by atoms with Crippen LogP contribution in [0.5, 0.6) is 11.5 Å². The molecule has 0 aromatic heterocycles. The van der Waals surface area contributed by atoms with Crippen LogP contribution >= 0.6 is 23.5 Å². The third-order valence-electron chi connectivity index (χ3n) is 4.99. The van der Waals surface area contributed by atoms with Crippen LogP contribution in [0.4, 0.5) is 0 Å². The number of aryl methyl sites for hydroxylation is 1. The van der Waals surface area contributed by atoms with Crippen molar-refractivity contribution in [2.75, 3.05) is 24.7 Å². The molecule has 146 valence electrons. The van der Waals surface area contributed by atoms with Crippen LogP contribution in [0.1, 0.15) is 19.4 Å². The van der Waals surface area contributed by atoms with Gasteiger partial charge in [0, 0.05) is 21.3 Å². The van der Waals surface area contributed by atoms with Crippen molar-refractivity contribution < 1.29 is 9.84 Å². The molecule has 2 N–H and O–H groups in total. The predicted octanol–water partition coefficient (Wildman–Crippen LogP) is 5.21. The summed E-state index contributed by atoms with van der Waals surface area (Å²) in [7, 11) is 0. The zero-order valence-corrected chi connectivity index (χ0v) is 17.9. The molecule has 5 heteroatoms. The number of hydrogen-bond acceptors (Lipinski definition) is 5. The number of nitrogens with one attached hydrogen (secondary N) is 1. The summed E-state index contributed by atoms with van der Waals surface area (Å²) in [4.78, 5) is 2.21. The van der Waals surface area contributed by atoms with Crippen LogP contribution < -0.4 is 10.1 Å². The lowest BCUT2D eigenvalue weighted by Crippen LogP contribution is -2.40. The Kier molecular flexibility index (Phi) is 7.39. The zero-order valence-electron chi connectivity index (χ0n) is 16.3. The first kappa shape index (κ1) is 20.4. The number of thioether (sulfide) groups is 2. The van der Waals surface area contributed by atoms with Crippen molar-refractivity contribution in [1.29, 1.82) is 0 Å². The van der Waals surface area contributed by atoms with E-state index in [9.17, 15) is 5.11 Å². The van der Waals surface area contributed by atoms with Gasteiger partial charge in [0.1, 0.15) is 18.1 Å². The Morgan fingerprint density at radius 2 is 2.04 bits per heavy atom. The van der Waals surface area contributed by atoms with E-state index < -0.39 is 0 Å². The van der Waals surface area contributed by atoms with Gasteiger partial charge in [0.25, 0.3) is 0 Å². The van der Waals surface area contributed by atoms with Crippen molar-refractivity contribution >= 4 is 23.5 Å². The van der Waals surface area contributed by atoms with Gasteiger partial charge in [-0.25, -0.2) is 0 Å². The number of rotatable bonds is 7. The molecule has 1 aliphatic heterocycles. The quantitative estimate of drug-likeness (QED) is 0.621. The number of fused-ring (bicyclic) bond motifs is 1. The van der Waals surface area contributed by atoms with Crippen molar-refractivity contribution in [2.45, 2.75) is 36.6 Å². The standard InChI is InChI=1S/C22H29NO2S2/c1-15(2)17(13-26-21-10-6-7-16(3)22(21)24)11-23-18-12-25-19-8-4-5-9-20(19)27-14-18/h4-10,15,17-18,23-24H,11-14H2,1-3H3. The molecular formula is C22H29NO2S2. The minimum absolute atomic E-state index is 0.348. The first-order valence-corrected chi connectivity index (χ1v) is 11.5. The molecule has 0 spiro atoms. The summed E-state index contributed by atoms with van der Waals surface area (Å²) in [5.41, 5.74) is 0.936. The summed E-state index contributed by atoms with van der Waals surface area (Å²) in [6.07, 6.45) is 0. The largest absolute Gasteiger partial charge is 0.507 e. The summed E-state index contributed by atoms with van der Waals surface area (Å²) in [6.45, 7) is 8.17. The summed E-state index contributed by atoms with van der Waals surface area (Å²) in [5, 5.41) is 14.0. The fourth-order valence-corrected chi connectivity index (χ4v) is 5.39. The van der Waals surface area contributed by atoms with Gasteiger partial charge in [-0.15, -0.1) is 23.5 Å². The van der Waals surface area contributed by atoms with Crippen LogP contribution in [-0.4, -0.2) is 35.8 Å². The third kappa shape index (κ3) is 5.59. The lowest BCUT2D eigenvalue weighted by Gasteiger charge is -2.24. The highest BCUT2D eigenvalue weighted by Gasteiger charge is 2.20. The molecule has 3 nitrogen and oxygen atoms in total. The number of benzene rings is 2. The number of para-hydroxylation sites is 2. The summed E-state index contributed by atoms with van der Waals surface area (Å²) in [6, 6.07) is 14.6. The van der Waals surface area contributed by atoms with E-state index in [4.69, 9.17) is 4.74 Å². The Morgan fingerprint density at radius 1 is 1.22 bits per heavy atom. The first-order chi connectivity index (χ1) is 13.0. The van der Waals surface area contributed by atoms with Gasteiger partial charge in [-0.3, -0.25) is 0 Å². The highest BCUT2D eigenvalue weighted by Crippen LogP contribution is 2.34. The minimum atomic E-state index is 0.348. The van der Waals surface area contributed by atoms with Crippen LogP contribution in [0.25, 0.3) is 0 Å². The van der Waals surface area contributed by atoms with Crippen LogP contribution in [0.15, 0.2) is 52.3 Å². The van der Waals surface area contributed by atoms with E-state index in [1.165, 1.54) is 4.90 Å². The van der Waals surface area contributed by atoms with E-state index >= 15 is 0 Å². The van der Waals surface area contributed by atoms with Gasteiger partial charge in [-0.2, -0.15) is 0 Å². The van der Waals surface area contributed by atoms with E-state index in [-0.39, 0.29) is 0 Å². The number of aromatic hydroxyl groups is 1. The van der Waals surface area contributed by atoms with E-state index in [1.54, 1.807) is 11.8 Å². The topological polar surface area (TPSA) is 41.5 Å². The summed E-state index contributed by atoms with van der Waals surface area (Å²) < 4.78 is 5.99. The maximum Gasteiger partial charge on any atom is 0.132 e. The molecule has 1 heterocycles. The molecule has 27 heavy (non-hydrogen) atoms. The van der Waals surface area contributed by atoms with Gasteiger partial charge in [0.05, 0.1) is 6.04 Å². The van der Waals surface area contributed by atoms with Crippen LogP contribution in [0.2, 0.25) is 0 Å². The van der Waals surface area contributed by atoms with E-state index in [1.807, 2.05) is 49.0 Å². The molecule has 0 aliphatic carbocycles. The Bertz CT molecular complexity index is 724. The van der Waals surface area contributed by atoms with Crippen molar-refractivity contribution in [3.05, 3.63) is 48.0 Å². The van der Waals surface area contributed by atoms with Gasteiger partial charge in [-0.1, -0.05) is 38.1 Å². The molecule has 0 bridgehead atoms. The van der Waals surface area contributed by atoms with E-state index in [2.05, 4.69) is 31.3 Å². The van der Waals surface area contributed by atoms with Crippen molar-refractivity contribution in [3.8, 4) is 11.5 Å². The third-order valence-corrected chi connectivity index (χ3v) is 7.45. The molecule has 0 amide bonds. The van der Waals surface area contributed by atoms with Gasteiger partial charge in [0.15, 0.2) is 0 Å². The maximum atomic E-state index is 10.2. The number of ether oxygens (including phenoxy) is 1. The van der Waals surface area contributed by atoms with Gasteiger partial charge in [0.2, 0.25) is 0 Å². The van der Waals surface area contributed by atoms with E-state index in [0.29, 0.717) is 30.2 Å². The van der Waals surface area contributed by atoms with Gasteiger partial charge in [-0.05, 0) is 49.1 Å². The molecule has 1 aliphatic rings. The Labute approximate surface area is 171 Å². The highest BCUT2D eigenvalue weighted by molar-refractivity contribution is 7.99. The molecule has 0 saturated carbocycles. The second-order valence-corrected chi connectivity index (χ2v) is 9.53. The highest BCUT2D eigenvalue weighted by atomic mass is 32.2. The van der Waals surface area contributed by atoms with Crippen molar-refractivity contribution in [2.24, 2.45) is 11.8 Å². The molecule has 3 rings (SSSR count). The molecule has 0 radical (unpaired) electrons. The van der Waals surface area contributed by atoms with Crippen molar-refractivity contribution in [3.63, 3.8) is 0 Å². The molecular weight excluding hydrogens is 374 g/mol. The summed E-state index contributed by atoms with van der Waals surface area (Å²) >= 11 is 3.62. The number of phenols is 1. The predicted molar refractivity (Wildman–Crippen MR) is 116 cm³/mol. The Morgan fingerprint density at radius 3 is 2.85 bits per heavy atom. The SMILES string of the molecule is Cc1cccc(SCC(CNC2COc3ccccc3SC2)C(C)C)c1O. The van der Waals surface area contributed by atoms with E-state index in [0.717, 1.165) is 34.3 Å². The maximum absolute atomic E-state index is 10.2. The molecule has 2 unspecified atom stereocenters. The first-order valence-electron chi connectivity index (χ1n) is 9.54. The Hall–Kier alpha value is -1.30. The lowest BCUT2D eigenvalue weighted by atomic mass is 9.98. The molecule has 0 saturated heterocycles. The molecule has 2 aromatic rings. The monoisotopic (exact) mass is 403 g/mol. The minimum Gasteiger partial charge on any atom is -0.507 e. The van der Waals surface area contributed by atoms with Crippen LogP contribution in [0, 0.1) is 18.8 Å². The normalized spacial score (nSPS) is 17.9. The average Bonchev–Trinajstić information content (AvgIpc) is 2.87. The number of phenolic OH excluding ortho intramolecular Hbond substituents is 1. The smallest absolute Gasteiger partial charge is 0.132 e. The number of hydrogen-bond donors (Lipinski definition) is 2. The summed E-state index contributed by atoms with van der Waals surface area (Å²) in [5.74, 6) is 4.54. The van der Waals surface area contributed by atoms with Gasteiger partial charge >= 0.3 is 0 Å². The van der Waals surface area contributed by atoms with Gasteiger partial charge < -0.3 is 15.2 Å². The fraction of sp³-hybridized carbons (Fsp3) is 0.455. The second-order valence-electron chi connectivity index (χ2n) is 7.41. The second kappa shape index (κ2) is 9.76. The lowest BCUT2D eigenvalue weighted by molar-refractivity contribution is 0.263. The zero-order chi connectivity index (χ0) is 19.2. The Balaban J connectivity index is 1.52. The van der Waals surface area contributed by atoms with Crippen molar-refractivity contribution in [1.82, 2.24) is 5.32 Å². The fourth-order valence-electron chi connectivity index (χ4n) is 2.99. The molecule has 2 aromatic carbocycles. The molecule has 0 fully saturated rings. The van der Waals surface area contributed by atoms with Crippen LogP contribution in [0.3, 0.4) is 0 Å². The average molecular weight is 404 g/mol. The van der Waals surface area contributed by atoms with Crippen LogP contribution in [-0.2, 0) is 0 Å². The molecule has 2 atom stereocenters.